The lowest BCUT2D eigenvalue weighted by Crippen LogP contribution is -2.25. The van der Waals surface area contributed by atoms with Gasteiger partial charge in [0.15, 0.2) is 0 Å². The van der Waals surface area contributed by atoms with E-state index in [-0.39, 0.29) is 23.0 Å². The second-order valence-electron chi connectivity index (χ2n) is 11.3. The number of nitrogens with zero attached hydrogens (tertiary/aromatic N) is 1. The SMILES string of the molecule is CC(=O)Nc1ccc2c(c1)C(C)(C)C(/C=C1\C(=O)C(=O)C(/C=C3\Nc4ccc(NC(C)=O)cc4C3(C)C)=C1O)=N2. The van der Waals surface area contributed by atoms with Gasteiger partial charge in [0.2, 0.25) is 23.4 Å². The van der Waals surface area contributed by atoms with Gasteiger partial charge in [0.25, 0.3) is 0 Å². The van der Waals surface area contributed by atoms with Crippen molar-refractivity contribution in [3.05, 3.63) is 82.3 Å². The molecule has 1 aliphatic carbocycles. The Morgan fingerprint density at radius 1 is 0.850 bits per heavy atom. The predicted octanol–water partition coefficient (Wildman–Crippen LogP) is 5.14. The van der Waals surface area contributed by atoms with Gasteiger partial charge >= 0.3 is 0 Å². The Labute approximate surface area is 231 Å². The zero-order valence-electron chi connectivity index (χ0n) is 23.1. The molecule has 2 aromatic carbocycles. The summed E-state index contributed by atoms with van der Waals surface area (Å²) in [7, 11) is 0. The topological polar surface area (TPSA) is 137 Å². The van der Waals surface area contributed by atoms with E-state index in [0.717, 1.165) is 16.8 Å². The summed E-state index contributed by atoms with van der Waals surface area (Å²) in [6.07, 6.45) is 2.99. The second-order valence-corrected chi connectivity index (χ2v) is 11.3. The maximum absolute atomic E-state index is 13.1. The van der Waals surface area contributed by atoms with Crippen molar-refractivity contribution in [1.29, 1.82) is 0 Å². The van der Waals surface area contributed by atoms with Crippen molar-refractivity contribution in [1.82, 2.24) is 0 Å². The zero-order chi connectivity index (χ0) is 29.1. The average molecular weight is 539 g/mol. The van der Waals surface area contributed by atoms with Crippen molar-refractivity contribution in [3.63, 3.8) is 0 Å². The number of rotatable bonds is 4. The van der Waals surface area contributed by atoms with Crippen molar-refractivity contribution in [2.24, 2.45) is 4.99 Å². The number of Topliss-reactive ketones (excluding diaryl/α,β-unsaturated/α-hetero) is 2. The molecule has 2 aromatic rings. The minimum Gasteiger partial charge on any atom is -0.506 e. The summed E-state index contributed by atoms with van der Waals surface area (Å²) in [6, 6.07) is 10.8. The van der Waals surface area contributed by atoms with Crippen molar-refractivity contribution in [3.8, 4) is 0 Å². The molecule has 0 bridgehead atoms. The van der Waals surface area contributed by atoms with Crippen LogP contribution in [0.15, 0.2) is 76.1 Å². The molecular weight excluding hydrogens is 508 g/mol. The highest BCUT2D eigenvalue weighted by atomic mass is 16.3. The first kappa shape index (κ1) is 26.8. The summed E-state index contributed by atoms with van der Waals surface area (Å²) in [5.74, 6) is -2.38. The Morgan fingerprint density at radius 3 is 2.08 bits per heavy atom. The van der Waals surface area contributed by atoms with Gasteiger partial charge < -0.3 is 21.1 Å². The van der Waals surface area contributed by atoms with E-state index in [2.05, 4.69) is 20.9 Å². The molecule has 0 fully saturated rings. The summed E-state index contributed by atoms with van der Waals surface area (Å²) in [4.78, 5) is 53.8. The second kappa shape index (κ2) is 9.15. The van der Waals surface area contributed by atoms with E-state index in [1.165, 1.54) is 26.0 Å². The number of fused-ring (bicyclic) bond motifs is 2. The minimum atomic E-state index is -0.806. The molecule has 2 amide bonds. The first-order valence-electron chi connectivity index (χ1n) is 12.9. The fourth-order valence-corrected chi connectivity index (χ4v) is 5.30. The monoisotopic (exact) mass is 538 g/mol. The number of allylic oxidation sites excluding steroid dienone is 5. The van der Waals surface area contributed by atoms with Crippen LogP contribution in [-0.4, -0.2) is 34.2 Å². The van der Waals surface area contributed by atoms with Gasteiger partial charge in [-0.1, -0.05) is 27.7 Å². The van der Waals surface area contributed by atoms with Gasteiger partial charge in [0, 0.05) is 47.4 Å². The van der Waals surface area contributed by atoms with Crippen LogP contribution in [0.1, 0.15) is 52.7 Å². The highest BCUT2D eigenvalue weighted by Gasteiger charge is 2.41. The summed E-state index contributed by atoms with van der Waals surface area (Å²) in [6.45, 7) is 10.6. The predicted molar refractivity (Wildman–Crippen MR) is 154 cm³/mol. The van der Waals surface area contributed by atoms with Gasteiger partial charge in [0.05, 0.1) is 22.5 Å². The number of aliphatic hydroxyl groups is 1. The molecule has 0 radical (unpaired) electrons. The molecule has 40 heavy (non-hydrogen) atoms. The highest BCUT2D eigenvalue weighted by Crippen LogP contribution is 2.46. The molecule has 0 atom stereocenters. The number of anilines is 3. The highest BCUT2D eigenvalue weighted by molar-refractivity contribution is 6.54. The van der Waals surface area contributed by atoms with E-state index in [9.17, 15) is 24.3 Å². The Hall–Kier alpha value is -4.79. The third-order valence-electron chi connectivity index (χ3n) is 7.60. The van der Waals surface area contributed by atoms with Crippen LogP contribution in [0.25, 0.3) is 0 Å². The summed E-state index contributed by atoms with van der Waals surface area (Å²) in [5, 5.41) is 19.9. The van der Waals surface area contributed by atoms with E-state index in [0.29, 0.717) is 28.5 Å². The van der Waals surface area contributed by atoms with Gasteiger partial charge in [0.1, 0.15) is 5.76 Å². The zero-order valence-corrected chi connectivity index (χ0v) is 23.1. The van der Waals surface area contributed by atoms with E-state index in [4.69, 9.17) is 0 Å². The van der Waals surface area contributed by atoms with Crippen molar-refractivity contribution in [2.45, 2.75) is 52.4 Å². The van der Waals surface area contributed by atoms with Gasteiger partial charge in [-0.05, 0) is 59.7 Å². The Balaban J connectivity index is 1.50. The molecule has 9 heteroatoms. The number of ketones is 2. The lowest BCUT2D eigenvalue weighted by molar-refractivity contribution is -0.131. The number of aliphatic imine (C=N–C) groups is 1. The molecule has 0 unspecified atom stereocenters. The Kier molecular flexibility index (Phi) is 6.13. The lowest BCUT2D eigenvalue weighted by Gasteiger charge is -2.21. The number of carbonyl (C=O) groups is 4. The van der Waals surface area contributed by atoms with Crippen LogP contribution in [0.3, 0.4) is 0 Å². The fraction of sp³-hybridized carbons (Fsp3) is 0.258. The third-order valence-corrected chi connectivity index (χ3v) is 7.60. The van der Waals surface area contributed by atoms with Crippen LogP contribution >= 0.6 is 0 Å². The summed E-state index contributed by atoms with van der Waals surface area (Å²) < 4.78 is 0. The average Bonchev–Trinajstić information content (AvgIpc) is 3.34. The lowest BCUT2D eigenvalue weighted by atomic mass is 9.80. The normalized spacial score (nSPS) is 20.4. The van der Waals surface area contributed by atoms with Crippen molar-refractivity contribution in [2.75, 3.05) is 16.0 Å². The van der Waals surface area contributed by atoms with Crippen LogP contribution in [0, 0.1) is 0 Å². The van der Waals surface area contributed by atoms with Crippen LogP contribution in [0.2, 0.25) is 0 Å². The number of benzene rings is 2. The quantitative estimate of drug-likeness (QED) is 0.314. The molecule has 4 N–H and O–H groups in total. The van der Waals surface area contributed by atoms with Gasteiger partial charge in [-0.25, -0.2) is 0 Å². The largest absolute Gasteiger partial charge is 0.506 e. The number of nitrogens with one attached hydrogen (secondary N) is 3. The number of hydrogen-bond donors (Lipinski definition) is 4. The molecule has 5 rings (SSSR count). The molecule has 3 aliphatic rings. The number of hydrogen-bond acceptors (Lipinski definition) is 7. The molecule has 2 aliphatic heterocycles. The van der Waals surface area contributed by atoms with Crippen molar-refractivity contribution >= 4 is 51.8 Å². The van der Waals surface area contributed by atoms with Gasteiger partial charge in [-0.3, -0.25) is 24.2 Å². The van der Waals surface area contributed by atoms with Crippen LogP contribution in [0.5, 0.6) is 0 Å². The number of amides is 2. The molecule has 204 valence electrons. The van der Waals surface area contributed by atoms with Crippen LogP contribution in [0.4, 0.5) is 22.7 Å². The molecule has 0 spiro atoms. The first-order valence-corrected chi connectivity index (χ1v) is 12.9. The van der Waals surface area contributed by atoms with E-state index >= 15 is 0 Å². The smallest absolute Gasteiger partial charge is 0.237 e. The maximum Gasteiger partial charge on any atom is 0.237 e. The van der Waals surface area contributed by atoms with Crippen LogP contribution < -0.4 is 16.0 Å². The Bertz CT molecular complexity index is 1670. The summed E-state index contributed by atoms with van der Waals surface area (Å²) >= 11 is 0. The number of aliphatic hydroxyl groups excluding tert-OH is 1. The first-order chi connectivity index (χ1) is 18.7. The number of carbonyl (C=O) groups excluding carboxylic acids is 4. The molecular formula is C31H30N4O5. The molecule has 0 aromatic heterocycles. The Morgan fingerprint density at radius 2 is 1.45 bits per heavy atom. The van der Waals surface area contributed by atoms with E-state index < -0.39 is 28.2 Å². The van der Waals surface area contributed by atoms with E-state index in [1.54, 1.807) is 18.2 Å². The molecule has 0 saturated heterocycles. The molecule has 0 saturated carbocycles. The molecule has 9 nitrogen and oxygen atoms in total. The van der Waals surface area contributed by atoms with Crippen molar-refractivity contribution < 1.29 is 24.3 Å². The van der Waals surface area contributed by atoms with E-state index in [1.807, 2.05) is 45.9 Å². The third kappa shape index (κ3) is 4.33. The fourth-order valence-electron chi connectivity index (χ4n) is 5.30. The van der Waals surface area contributed by atoms with Gasteiger partial charge in [-0.2, -0.15) is 0 Å². The standard InChI is InChI=1S/C31H30N4O5/c1-15(36)32-17-7-9-23-21(11-17)30(3,4)25(34-23)13-19-27(38)20(29(40)28(19)39)14-26-31(5,6)22-12-18(33-16(2)37)8-10-24(22)35-26/h7-14,34,38H,1-6H3,(H,32,36)(H,33,37)/b20-14-,25-13-. The molecule has 2 heterocycles. The summed E-state index contributed by atoms with van der Waals surface area (Å²) in [5.41, 5.74) is 4.19. The minimum absolute atomic E-state index is 0.0939. The van der Waals surface area contributed by atoms with Gasteiger partial charge in [-0.15, -0.1) is 0 Å². The van der Waals surface area contributed by atoms with Crippen LogP contribution in [-0.2, 0) is 30.0 Å². The maximum atomic E-state index is 13.1.